The molecule has 2 rings (SSSR count). The third kappa shape index (κ3) is 2.58. The third-order valence-corrected chi connectivity index (χ3v) is 5.22. The molecule has 1 aromatic rings. The predicted octanol–water partition coefficient (Wildman–Crippen LogP) is -0.0957. The molecule has 1 amide bonds. The number of amides is 1. The van der Waals surface area contributed by atoms with E-state index in [1.54, 1.807) is 11.8 Å². The molecule has 1 aliphatic heterocycles. The van der Waals surface area contributed by atoms with Crippen LogP contribution in [0, 0.1) is 6.92 Å². The molecule has 0 aliphatic carbocycles. The lowest BCUT2D eigenvalue weighted by molar-refractivity contribution is 0.0774. The van der Waals surface area contributed by atoms with Crippen LogP contribution in [0.3, 0.4) is 0 Å². The van der Waals surface area contributed by atoms with Crippen LogP contribution in [0.15, 0.2) is 0 Å². The van der Waals surface area contributed by atoms with Crippen molar-refractivity contribution in [3.05, 3.63) is 10.6 Å². The fourth-order valence-electron chi connectivity index (χ4n) is 1.67. The molecule has 8 heteroatoms. The Morgan fingerprint density at radius 3 is 2.47 bits per heavy atom. The Morgan fingerprint density at radius 2 is 2.00 bits per heavy atom. The van der Waals surface area contributed by atoms with Gasteiger partial charge >= 0.3 is 0 Å². The van der Waals surface area contributed by atoms with Gasteiger partial charge in [-0.3, -0.25) is 4.79 Å². The molecule has 1 fully saturated rings. The standard InChI is InChI=1S/C9H13N3O3S2/c1-6-7(16-9(10)11-6)8(13)12-2-4-17(14,15)5-3-12/h2-5H2,1H3,(H2,10,11). The summed E-state index contributed by atoms with van der Waals surface area (Å²) in [6.45, 7) is 2.22. The Morgan fingerprint density at radius 1 is 1.41 bits per heavy atom. The van der Waals surface area contributed by atoms with Crippen molar-refractivity contribution in [3.63, 3.8) is 0 Å². The van der Waals surface area contributed by atoms with E-state index in [4.69, 9.17) is 5.73 Å². The minimum atomic E-state index is -2.97. The average molecular weight is 275 g/mol. The topological polar surface area (TPSA) is 93.4 Å². The van der Waals surface area contributed by atoms with Gasteiger partial charge in [0.25, 0.3) is 5.91 Å². The molecule has 6 nitrogen and oxygen atoms in total. The smallest absolute Gasteiger partial charge is 0.265 e. The molecule has 0 unspecified atom stereocenters. The van der Waals surface area contributed by atoms with Crippen LogP contribution in [0.25, 0.3) is 0 Å². The maximum Gasteiger partial charge on any atom is 0.265 e. The summed E-state index contributed by atoms with van der Waals surface area (Å²) in [5.74, 6) is -0.107. The summed E-state index contributed by atoms with van der Waals surface area (Å²) in [4.78, 5) is 18.1. The van der Waals surface area contributed by atoms with Gasteiger partial charge < -0.3 is 10.6 Å². The summed E-state index contributed by atoms with van der Waals surface area (Å²) in [5, 5.41) is 0.357. The van der Waals surface area contributed by atoms with Gasteiger partial charge in [0.15, 0.2) is 15.0 Å². The van der Waals surface area contributed by atoms with Gasteiger partial charge in [0.05, 0.1) is 17.2 Å². The minimum absolute atomic E-state index is 0.0338. The summed E-state index contributed by atoms with van der Waals surface area (Å²) in [6, 6.07) is 0. The second kappa shape index (κ2) is 4.26. The van der Waals surface area contributed by atoms with Crippen LogP contribution in [0.5, 0.6) is 0 Å². The Balaban J connectivity index is 2.14. The maximum atomic E-state index is 12.1. The van der Waals surface area contributed by atoms with Gasteiger partial charge in [-0.15, -0.1) is 0 Å². The van der Waals surface area contributed by atoms with E-state index in [2.05, 4.69) is 4.98 Å². The van der Waals surface area contributed by atoms with E-state index in [-0.39, 0.29) is 30.5 Å². The molecule has 0 spiro atoms. The molecule has 17 heavy (non-hydrogen) atoms. The van der Waals surface area contributed by atoms with Crippen molar-refractivity contribution in [2.45, 2.75) is 6.92 Å². The van der Waals surface area contributed by atoms with Gasteiger partial charge in [-0.1, -0.05) is 11.3 Å². The van der Waals surface area contributed by atoms with E-state index in [9.17, 15) is 13.2 Å². The fraction of sp³-hybridized carbons (Fsp3) is 0.556. The first-order chi connectivity index (χ1) is 7.89. The van der Waals surface area contributed by atoms with Gasteiger partial charge in [0, 0.05) is 13.1 Å². The zero-order valence-corrected chi connectivity index (χ0v) is 11.0. The quantitative estimate of drug-likeness (QED) is 0.772. The number of carbonyl (C=O) groups excluding carboxylic acids is 1. The normalized spacial score (nSPS) is 19.2. The molecule has 1 saturated heterocycles. The van der Waals surface area contributed by atoms with Crippen LogP contribution in [0.2, 0.25) is 0 Å². The monoisotopic (exact) mass is 275 g/mol. The maximum absolute atomic E-state index is 12.1. The highest BCUT2D eigenvalue weighted by atomic mass is 32.2. The van der Waals surface area contributed by atoms with Crippen LogP contribution in [-0.2, 0) is 9.84 Å². The second-order valence-corrected chi connectivity index (χ2v) is 7.24. The first-order valence-electron chi connectivity index (χ1n) is 5.12. The van der Waals surface area contributed by atoms with Crippen molar-refractivity contribution < 1.29 is 13.2 Å². The average Bonchev–Trinajstić information content (AvgIpc) is 2.57. The highest BCUT2D eigenvalue weighted by Crippen LogP contribution is 2.22. The number of anilines is 1. The Labute approximate surface area is 103 Å². The van der Waals surface area contributed by atoms with E-state index >= 15 is 0 Å². The number of hydrogen-bond acceptors (Lipinski definition) is 6. The number of nitrogen functional groups attached to an aromatic ring is 1. The summed E-state index contributed by atoms with van der Waals surface area (Å²) in [6.07, 6.45) is 0. The third-order valence-electron chi connectivity index (χ3n) is 2.64. The minimum Gasteiger partial charge on any atom is -0.375 e. The van der Waals surface area contributed by atoms with Gasteiger partial charge in [-0.05, 0) is 6.92 Å². The van der Waals surface area contributed by atoms with E-state index in [1.807, 2.05) is 0 Å². The van der Waals surface area contributed by atoms with Crippen LogP contribution < -0.4 is 5.73 Å². The van der Waals surface area contributed by atoms with Crippen LogP contribution >= 0.6 is 11.3 Å². The van der Waals surface area contributed by atoms with E-state index in [0.29, 0.717) is 15.7 Å². The van der Waals surface area contributed by atoms with Crippen molar-refractivity contribution in [3.8, 4) is 0 Å². The highest BCUT2D eigenvalue weighted by molar-refractivity contribution is 7.91. The summed E-state index contributed by atoms with van der Waals surface area (Å²) >= 11 is 1.14. The number of nitrogens with zero attached hydrogens (tertiary/aromatic N) is 2. The van der Waals surface area contributed by atoms with Crippen LogP contribution in [0.1, 0.15) is 15.4 Å². The van der Waals surface area contributed by atoms with Gasteiger partial charge in [0.2, 0.25) is 0 Å². The van der Waals surface area contributed by atoms with Crippen molar-refractivity contribution in [1.82, 2.24) is 9.88 Å². The summed E-state index contributed by atoms with van der Waals surface area (Å²) < 4.78 is 22.5. The number of carbonyl (C=O) groups is 1. The molecule has 0 bridgehead atoms. The highest BCUT2D eigenvalue weighted by Gasteiger charge is 2.27. The van der Waals surface area contributed by atoms with Crippen molar-refractivity contribution in [2.24, 2.45) is 0 Å². The van der Waals surface area contributed by atoms with E-state index in [1.165, 1.54) is 0 Å². The Bertz CT molecular complexity index is 536. The molecule has 0 saturated carbocycles. The Hall–Kier alpha value is -1.15. The van der Waals surface area contributed by atoms with Crippen molar-refractivity contribution in [1.29, 1.82) is 0 Å². The molecular formula is C9H13N3O3S2. The number of nitrogens with two attached hydrogens (primary N) is 1. The van der Waals surface area contributed by atoms with Crippen LogP contribution in [0.4, 0.5) is 5.13 Å². The molecule has 0 atom stereocenters. The zero-order chi connectivity index (χ0) is 12.6. The van der Waals surface area contributed by atoms with Crippen LogP contribution in [-0.4, -0.2) is 48.8 Å². The first kappa shape index (κ1) is 12.3. The van der Waals surface area contributed by atoms with Gasteiger partial charge in [0.1, 0.15) is 4.88 Å². The lowest BCUT2D eigenvalue weighted by Crippen LogP contribution is -2.43. The lowest BCUT2D eigenvalue weighted by Gasteiger charge is -2.26. The Kier molecular flexibility index (Phi) is 3.09. The molecule has 94 valence electrons. The van der Waals surface area contributed by atoms with E-state index < -0.39 is 9.84 Å². The molecule has 0 radical (unpaired) electrons. The molecule has 1 aliphatic rings. The molecular weight excluding hydrogens is 262 g/mol. The number of aromatic nitrogens is 1. The first-order valence-corrected chi connectivity index (χ1v) is 7.75. The number of sulfone groups is 1. The van der Waals surface area contributed by atoms with Gasteiger partial charge in [-0.25, -0.2) is 13.4 Å². The largest absolute Gasteiger partial charge is 0.375 e. The lowest BCUT2D eigenvalue weighted by atomic mass is 10.3. The zero-order valence-electron chi connectivity index (χ0n) is 9.34. The predicted molar refractivity (Wildman–Crippen MR) is 65.8 cm³/mol. The summed E-state index contributed by atoms with van der Waals surface area (Å²) in [5.41, 5.74) is 6.13. The second-order valence-electron chi connectivity index (χ2n) is 3.91. The molecule has 2 heterocycles. The molecule has 1 aromatic heterocycles. The van der Waals surface area contributed by atoms with Crippen molar-refractivity contribution >= 4 is 32.2 Å². The number of thiazole rings is 1. The SMILES string of the molecule is Cc1nc(N)sc1C(=O)N1CCS(=O)(=O)CC1. The fourth-order valence-corrected chi connectivity index (χ4v) is 3.68. The number of rotatable bonds is 1. The number of aryl methyl sites for hydroxylation is 1. The molecule has 2 N–H and O–H groups in total. The van der Waals surface area contributed by atoms with E-state index in [0.717, 1.165) is 11.3 Å². The number of hydrogen-bond donors (Lipinski definition) is 1. The summed E-state index contributed by atoms with van der Waals surface area (Å²) in [7, 11) is -2.97. The van der Waals surface area contributed by atoms with Gasteiger partial charge in [-0.2, -0.15) is 0 Å². The van der Waals surface area contributed by atoms with Crippen molar-refractivity contribution in [2.75, 3.05) is 30.3 Å². The molecule has 0 aromatic carbocycles.